The van der Waals surface area contributed by atoms with Crippen LogP contribution in [-0.4, -0.2) is 37.7 Å². The van der Waals surface area contributed by atoms with Crippen LogP contribution in [-0.2, 0) is 6.42 Å². The Morgan fingerprint density at radius 2 is 1.93 bits per heavy atom. The van der Waals surface area contributed by atoms with Crippen molar-refractivity contribution < 1.29 is 4.74 Å². The zero-order valence-corrected chi connectivity index (χ0v) is 17.0. The summed E-state index contributed by atoms with van der Waals surface area (Å²) in [6.07, 6.45) is 8.34. The van der Waals surface area contributed by atoms with Gasteiger partial charge in [-0.05, 0) is 74.7 Å². The third-order valence-electron chi connectivity index (χ3n) is 6.34. The van der Waals surface area contributed by atoms with Crippen LogP contribution in [0.3, 0.4) is 0 Å². The van der Waals surface area contributed by atoms with Gasteiger partial charge in [-0.25, -0.2) is 0 Å². The van der Waals surface area contributed by atoms with Crippen LogP contribution in [0.5, 0.6) is 5.75 Å². The lowest BCUT2D eigenvalue weighted by molar-refractivity contribution is 0.209. The van der Waals surface area contributed by atoms with E-state index in [9.17, 15) is 9.59 Å². The zero-order valence-electron chi connectivity index (χ0n) is 17.0. The summed E-state index contributed by atoms with van der Waals surface area (Å²) in [4.78, 5) is 25.2. The Bertz CT molecular complexity index is 911. The second kappa shape index (κ2) is 8.99. The predicted octanol–water partition coefficient (Wildman–Crippen LogP) is 2.65. The van der Waals surface area contributed by atoms with E-state index >= 15 is 0 Å². The highest BCUT2D eigenvalue weighted by Crippen LogP contribution is 2.37. The molecule has 1 aliphatic heterocycles. The fraction of sp³-hybridized carbons (Fsp3) is 0.565. The van der Waals surface area contributed by atoms with Crippen LogP contribution < -0.4 is 26.6 Å². The second-order valence-electron chi connectivity index (χ2n) is 8.35. The van der Waals surface area contributed by atoms with Gasteiger partial charge in [0.25, 0.3) is 10.9 Å². The van der Waals surface area contributed by atoms with Gasteiger partial charge in [0.1, 0.15) is 17.1 Å². The van der Waals surface area contributed by atoms with Gasteiger partial charge in [0.05, 0.1) is 6.61 Å². The number of likely N-dealkylation sites (tertiary alicyclic amines) is 1. The molecular weight excluding hydrogens is 366 g/mol. The number of hydrogen-bond donors (Lipinski definition) is 2. The molecule has 1 heterocycles. The molecule has 0 radical (unpaired) electrons. The molecule has 6 nitrogen and oxygen atoms in total. The van der Waals surface area contributed by atoms with E-state index < -0.39 is 10.9 Å². The summed E-state index contributed by atoms with van der Waals surface area (Å²) in [6.45, 7) is 4.77. The summed E-state index contributed by atoms with van der Waals surface area (Å²) in [6, 6.07) is 6.47. The van der Waals surface area contributed by atoms with Crippen molar-refractivity contribution in [1.29, 1.82) is 0 Å². The molecule has 4 rings (SSSR count). The number of rotatable bonds is 8. The fourth-order valence-electron chi connectivity index (χ4n) is 4.74. The van der Waals surface area contributed by atoms with Crippen molar-refractivity contribution in [2.24, 2.45) is 0 Å². The van der Waals surface area contributed by atoms with Crippen molar-refractivity contribution in [1.82, 2.24) is 4.90 Å². The van der Waals surface area contributed by atoms with Crippen molar-refractivity contribution in [3.05, 3.63) is 49.8 Å². The van der Waals surface area contributed by atoms with Gasteiger partial charge in [-0.1, -0.05) is 18.6 Å². The second-order valence-corrected chi connectivity index (χ2v) is 8.35. The highest BCUT2D eigenvalue weighted by atomic mass is 16.5. The van der Waals surface area contributed by atoms with Crippen LogP contribution in [0.1, 0.15) is 55.6 Å². The minimum Gasteiger partial charge on any atom is -0.493 e. The van der Waals surface area contributed by atoms with Gasteiger partial charge < -0.3 is 20.7 Å². The summed E-state index contributed by atoms with van der Waals surface area (Å²) < 4.78 is 6.10. The molecule has 1 aliphatic carbocycles. The highest BCUT2D eigenvalue weighted by molar-refractivity contribution is 5.71. The lowest BCUT2D eigenvalue weighted by atomic mass is 9.82. The first-order chi connectivity index (χ1) is 14.1. The summed E-state index contributed by atoms with van der Waals surface area (Å²) in [5.74, 6) is 1.61. The largest absolute Gasteiger partial charge is 0.493 e. The topological polar surface area (TPSA) is 84.7 Å². The van der Waals surface area contributed by atoms with E-state index in [-0.39, 0.29) is 11.4 Å². The molecule has 0 amide bonds. The first-order valence-electron chi connectivity index (χ1n) is 10.9. The molecule has 1 fully saturated rings. The number of nitrogens with one attached hydrogen (secondary N) is 1. The first-order valence-corrected chi connectivity index (χ1v) is 10.9. The highest BCUT2D eigenvalue weighted by Gasteiger charge is 2.25. The Kier molecular flexibility index (Phi) is 6.19. The van der Waals surface area contributed by atoms with Crippen molar-refractivity contribution in [3.63, 3.8) is 0 Å². The first kappa shape index (κ1) is 20.0. The normalized spacial score (nSPS) is 19.8. The molecule has 0 aromatic heterocycles. The molecule has 6 heteroatoms. The Balaban J connectivity index is 1.31. The van der Waals surface area contributed by atoms with Gasteiger partial charge in [-0.3, -0.25) is 9.59 Å². The Morgan fingerprint density at radius 3 is 2.72 bits per heavy atom. The molecular formula is C23H31N3O3. The Hall–Kier alpha value is -2.34. The molecule has 0 saturated carbocycles. The van der Waals surface area contributed by atoms with Gasteiger partial charge >= 0.3 is 0 Å². The predicted molar refractivity (Wildman–Crippen MR) is 117 cm³/mol. The number of nitrogens with two attached hydrogens (primary N) is 1. The molecule has 2 aromatic rings. The molecule has 0 bridgehead atoms. The average Bonchev–Trinajstić information content (AvgIpc) is 2.76. The minimum atomic E-state index is -0.584. The molecule has 3 N–H and O–H groups in total. The molecule has 1 saturated heterocycles. The Labute approximate surface area is 171 Å². The zero-order chi connectivity index (χ0) is 20.2. The van der Waals surface area contributed by atoms with Crippen molar-refractivity contribution in [2.75, 3.05) is 43.8 Å². The van der Waals surface area contributed by atoms with Crippen molar-refractivity contribution >= 4 is 11.4 Å². The Morgan fingerprint density at radius 1 is 1.10 bits per heavy atom. The van der Waals surface area contributed by atoms with E-state index in [2.05, 4.69) is 28.4 Å². The number of ether oxygens (including phenoxy) is 1. The smallest absolute Gasteiger partial charge is 0.253 e. The number of nitrogen functional groups attached to an aromatic ring is 1. The van der Waals surface area contributed by atoms with Crippen molar-refractivity contribution in [3.8, 4) is 5.75 Å². The number of fused-ring (bicyclic) bond motifs is 1. The van der Waals surface area contributed by atoms with E-state index in [4.69, 9.17) is 10.5 Å². The number of anilines is 2. The third kappa shape index (κ3) is 4.32. The van der Waals surface area contributed by atoms with E-state index in [0.29, 0.717) is 19.1 Å². The van der Waals surface area contributed by atoms with E-state index in [1.54, 1.807) is 0 Å². The third-order valence-corrected chi connectivity index (χ3v) is 6.34. The summed E-state index contributed by atoms with van der Waals surface area (Å²) >= 11 is 0. The van der Waals surface area contributed by atoms with E-state index in [1.807, 2.05) is 0 Å². The number of nitrogens with zero attached hydrogens (tertiary/aromatic N) is 1. The van der Waals surface area contributed by atoms with Gasteiger partial charge in [0, 0.05) is 13.1 Å². The maximum Gasteiger partial charge on any atom is 0.253 e. The maximum absolute atomic E-state index is 11.4. The molecule has 29 heavy (non-hydrogen) atoms. The number of hydrogen-bond acceptors (Lipinski definition) is 6. The lowest BCUT2D eigenvalue weighted by Gasteiger charge is -2.34. The number of benzene rings is 1. The monoisotopic (exact) mass is 397 g/mol. The van der Waals surface area contributed by atoms with Crippen LogP contribution in [0.25, 0.3) is 0 Å². The fourth-order valence-corrected chi connectivity index (χ4v) is 4.74. The van der Waals surface area contributed by atoms with E-state index in [0.717, 1.165) is 18.6 Å². The molecule has 156 valence electrons. The standard InChI is InChI=1S/C23H31N3O3/c24-20-21(23(28)22(20)27)25-11-6-14-29-19-10-5-8-17-16(7-4-9-18(17)19)15-26-12-2-1-3-13-26/h5,8,10,16,25H,1-4,6-7,9,11-15,24H2. The van der Waals surface area contributed by atoms with Crippen LogP contribution in [0.15, 0.2) is 27.8 Å². The van der Waals surface area contributed by atoms with Gasteiger partial charge in [-0.15, -0.1) is 0 Å². The molecule has 2 aromatic carbocycles. The quantitative estimate of drug-likeness (QED) is 0.526. The van der Waals surface area contributed by atoms with Gasteiger partial charge in [0.15, 0.2) is 0 Å². The molecule has 1 unspecified atom stereocenters. The maximum atomic E-state index is 11.4. The van der Waals surface area contributed by atoms with Crippen LogP contribution in [0.4, 0.5) is 11.4 Å². The van der Waals surface area contributed by atoms with Gasteiger partial charge in [-0.2, -0.15) is 0 Å². The molecule has 1 atom stereocenters. The van der Waals surface area contributed by atoms with Crippen LogP contribution in [0, 0.1) is 0 Å². The molecule has 0 spiro atoms. The summed E-state index contributed by atoms with van der Waals surface area (Å²) in [7, 11) is 0. The molecule has 2 aliphatic rings. The minimum absolute atomic E-state index is 0.0489. The van der Waals surface area contributed by atoms with Gasteiger partial charge in [0.2, 0.25) is 0 Å². The lowest BCUT2D eigenvalue weighted by Crippen LogP contribution is -2.37. The summed E-state index contributed by atoms with van der Waals surface area (Å²) in [5.41, 5.74) is 7.58. The van der Waals surface area contributed by atoms with E-state index in [1.165, 1.54) is 62.9 Å². The average molecular weight is 398 g/mol. The SMILES string of the molecule is Nc1c(NCCCOc2cccc3c2CCCC3CN2CCCCC2)c(=O)c1=O. The summed E-state index contributed by atoms with van der Waals surface area (Å²) in [5, 5.41) is 2.95. The number of piperidine rings is 1. The van der Waals surface area contributed by atoms with Crippen LogP contribution >= 0.6 is 0 Å². The van der Waals surface area contributed by atoms with Crippen molar-refractivity contribution in [2.45, 2.75) is 50.9 Å². The van der Waals surface area contributed by atoms with Crippen LogP contribution in [0.2, 0.25) is 0 Å².